The molecular formula is C13H12O4S. The summed E-state index contributed by atoms with van der Waals surface area (Å²) in [7, 11) is 1.30. The number of ether oxygens (including phenoxy) is 1. The molecule has 1 aromatic carbocycles. The Morgan fingerprint density at radius 3 is 2.78 bits per heavy atom. The maximum atomic E-state index is 11.9. The summed E-state index contributed by atoms with van der Waals surface area (Å²) >= 11 is 1.36. The normalized spacial score (nSPS) is 10.5. The number of thiophene rings is 1. The molecule has 5 heteroatoms. The third-order valence-corrected chi connectivity index (χ3v) is 3.72. The molecule has 1 heterocycles. The smallest absolute Gasteiger partial charge is 0.305 e. The maximum absolute atomic E-state index is 11.9. The van der Waals surface area contributed by atoms with E-state index < -0.39 is 0 Å². The van der Waals surface area contributed by atoms with Gasteiger partial charge in [0.2, 0.25) is 0 Å². The summed E-state index contributed by atoms with van der Waals surface area (Å²) in [6.07, 6.45) is 0.236. The summed E-state index contributed by atoms with van der Waals surface area (Å²) in [4.78, 5) is 23.4. The number of Topliss-reactive ketones (excluding diaryl/α,β-unsaturated/α-hetero) is 1. The fourth-order valence-corrected chi connectivity index (χ4v) is 2.62. The van der Waals surface area contributed by atoms with Gasteiger partial charge in [-0.3, -0.25) is 9.59 Å². The Balaban J connectivity index is 2.15. The Morgan fingerprint density at radius 1 is 1.28 bits per heavy atom. The van der Waals surface area contributed by atoms with Crippen molar-refractivity contribution in [2.24, 2.45) is 0 Å². The number of phenols is 1. The van der Waals surface area contributed by atoms with E-state index in [9.17, 15) is 14.7 Å². The van der Waals surface area contributed by atoms with Crippen LogP contribution in [0.3, 0.4) is 0 Å². The first-order chi connectivity index (χ1) is 8.60. The van der Waals surface area contributed by atoms with E-state index in [-0.39, 0.29) is 30.3 Å². The van der Waals surface area contributed by atoms with E-state index in [1.54, 1.807) is 24.3 Å². The third kappa shape index (κ3) is 2.68. The molecule has 0 saturated heterocycles. The number of phenolic OH excluding ortho intramolecular Hbond substituents is 1. The Bertz CT molecular complexity index is 600. The molecule has 0 amide bonds. The van der Waals surface area contributed by atoms with Gasteiger partial charge in [-0.2, -0.15) is 0 Å². The number of benzene rings is 1. The number of hydrogen-bond acceptors (Lipinski definition) is 5. The second-order valence-electron chi connectivity index (χ2n) is 3.83. The van der Waals surface area contributed by atoms with Crippen molar-refractivity contribution in [3.05, 3.63) is 29.1 Å². The number of fused-ring (bicyclic) bond motifs is 1. The highest BCUT2D eigenvalue weighted by atomic mass is 32.1. The zero-order chi connectivity index (χ0) is 13.1. The summed E-state index contributed by atoms with van der Waals surface area (Å²) in [6, 6.07) is 6.70. The van der Waals surface area contributed by atoms with E-state index >= 15 is 0 Å². The molecule has 0 bridgehead atoms. The van der Waals surface area contributed by atoms with Gasteiger partial charge in [-0.15, -0.1) is 11.3 Å². The van der Waals surface area contributed by atoms with Crippen LogP contribution in [-0.2, 0) is 9.53 Å². The lowest BCUT2D eigenvalue weighted by Gasteiger charge is -1.96. The van der Waals surface area contributed by atoms with Crippen LogP contribution < -0.4 is 0 Å². The Morgan fingerprint density at radius 2 is 2.06 bits per heavy atom. The molecule has 0 saturated carbocycles. The highest BCUT2D eigenvalue weighted by Crippen LogP contribution is 2.29. The molecule has 0 atom stereocenters. The first-order valence-electron chi connectivity index (χ1n) is 5.42. The molecule has 0 spiro atoms. The highest BCUT2D eigenvalue weighted by molar-refractivity contribution is 7.20. The molecule has 18 heavy (non-hydrogen) atoms. The van der Waals surface area contributed by atoms with E-state index in [0.717, 1.165) is 10.1 Å². The van der Waals surface area contributed by atoms with Crippen LogP contribution in [-0.4, -0.2) is 24.0 Å². The van der Waals surface area contributed by atoms with Crippen LogP contribution in [0.1, 0.15) is 22.5 Å². The monoisotopic (exact) mass is 264 g/mol. The van der Waals surface area contributed by atoms with Gasteiger partial charge < -0.3 is 9.84 Å². The first-order valence-corrected chi connectivity index (χ1v) is 6.24. The lowest BCUT2D eigenvalue weighted by molar-refractivity contribution is -0.140. The number of methoxy groups -OCH3 is 1. The predicted molar refractivity (Wildman–Crippen MR) is 69.1 cm³/mol. The zero-order valence-corrected chi connectivity index (χ0v) is 10.6. The summed E-state index contributed by atoms with van der Waals surface area (Å²) in [5.41, 5.74) is 0. The van der Waals surface area contributed by atoms with Crippen LogP contribution in [0.15, 0.2) is 24.3 Å². The lowest BCUT2D eigenvalue weighted by atomic mass is 10.1. The summed E-state index contributed by atoms with van der Waals surface area (Å²) in [5, 5.41) is 10.2. The van der Waals surface area contributed by atoms with Crippen LogP contribution in [0.25, 0.3) is 10.1 Å². The molecule has 0 aliphatic rings. The minimum atomic E-state index is -0.387. The maximum Gasteiger partial charge on any atom is 0.305 e. The second kappa shape index (κ2) is 5.18. The van der Waals surface area contributed by atoms with Gasteiger partial charge in [0, 0.05) is 11.1 Å². The van der Waals surface area contributed by atoms with E-state index in [0.29, 0.717) is 4.88 Å². The Kier molecular flexibility index (Phi) is 3.62. The van der Waals surface area contributed by atoms with Crippen molar-refractivity contribution in [2.75, 3.05) is 7.11 Å². The molecule has 1 aromatic heterocycles. The van der Waals surface area contributed by atoms with Gasteiger partial charge in [0.15, 0.2) is 5.78 Å². The molecule has 0 fully saturated rings. The van der Waals surface area contributed by atoms with Crippen molar-refractivity contribution in [3.63, 3.8) is 0 Å². The molecule has 1 N–H and O–H groups in total. The summed E-state index contributed by atoms with van der Waals surface area (Å²) < 4.78 is 5.43. The number of aromatic hydroxyl groups is 1. The van der Waals surface area contributed by atoms with Crippen molar-refractivity contribution in [1.29, 1.82) is 0 Å². The van der Waals surface area contributed by atoms with Crippen LogP contribution in [0.4, 0.5) is 0 Å². The molecule has 2 aromatic rings. The Hall–Kier alpha value is -1.88. The fraction of sp³-hybridized carbons (Fsp3) is 0.231. The van der Waals surface area contributed by atoms with E-state index in [2.05, 4.69) is 4.74 Å². The van der Waals surface area contributed by atoms with Crippen LogP contribution in [0, 0.1) is 0 Å². The van der Waals surface area contributed by atoms with Crippen molar-refractivity contribution >= 4 is 33.2 Å². The van der Waals surface area contributed by atoms with E-state index in [4.69, 9.17) is 0 Å². The van der Waals surface area contributed by atoms with Gasteiger partial charge in [-0.25, -0.2) is 0 Å². The second-order valence-corrected chi connectivity index (χ2v) is 4.92. The van der Waals surface area contributed by atoms with Crippen molar-refractivity contribution in [3.8, 4) is 5.75 Å². The number of hydrogen-bond donors (Lipinski definition) is 1. The van der Waals surface area contributed by atoms with Crippen LogP contribution in [0.5, 0.6) is 5.75 Å². The first kappa shape index (κ1) is 12.6. The molecule has 94 valence electrons. The van der Waals surface area contributed by atoms with Gasteiger partial charge in [0.05, 0.1) is 18.4 Å². The van der Waals surface area contributed by atoms with Gasteiger partial charge in [-0.05, 0) is 29.7 Å². The molecule has 0 unspecified atom stereocenters. The van der Waals surface area contributed by atoms with Gasteiger partial charge in [0.25, 0.3) is 0 Å². The molecule has 0 radical (unpaired) electrons. The number of esters is 1. The molecular weight excluding hydrogens is 252 g/mol. The van der Waals surface area contributed by atoms with E-state index in [1.165, 1.54) is 18.4 Å². The number of rotatable bonds is 4. The summed E-state index contributed by atoms with van der Waals surface area (Å²) in [5.74, 6) is -0.294. The van der Waals surface area contributed by atoms with Gasteiger partial charge >= 0.3 is 5.97 Å². The SMILES string of the molecule is COC(=O)CCC(=O)c1cc2cc(O)ccc2s1. The number of carbonyl (C=O) groups excluding carboxylic acids is 2. The summed E-state index contributed by atoms with van der Waals surface area (Å²) in [6.45, 7) is 0. The Labute approximate surface area is 108 Å². The van der Waals surface area contributed by atoms with Gasteiger partial charge in [-0.1, -0.05) is 0 Å². The molecule has 0 aliphatic heterocycles. The lowest BCUT2D eigenvalue weighted by Crippen LogP contribution is -2.04. The quantitative estimate of drug-likeness (QED) is 0.681. The zero-order valence-electron chi connectivity index (χ0n) is 9.80. The van der Waals surface area contributed by atoms with Crippen LogP contribution in [0.2, 0.25) is 0 Å². The average molecular weight is 264 g/mol. The van der Waals surface area contributed by atoms with E-state index in [1.807, 2.05) is 0 Å². The molecule has 0 aliphatic carbocycles. The van der Waals surface area contributed by atoms with Crippen LogP contribution >= 0.6 is 11.3 Å². The number of carbonyl (C=O) groups is 2. The number of ketones is 1. The topological polar surface area (TPSA) is 63.6 Å². The fourth-order valence-electron chi connectivity index (χ4n) is 1.61. The minimum absolute atomic E-state index is 0.0823. The van der Waals surface area contributed by atoms with Crippen molar-refractivity contribution in [1.82, 2.24) is 0 Å². The standard InChI is InChI=1S/C13H12O4S/c1-17-13(16)5-3-10(15)12-7-8-6-9(14)2-4-11(8)18-12/h2,4,6-7,14H,3,5H2,1H3. The molecule has 4 nitrogen and oxygen atoms in total. The minimum Gasteiger partial charge on any atom is -0.508 e. The van der Waals surface area contributed by atoms with Crippen molar-refractivity contribution in [2.45, 2.75) is 12.8 Å². The van der Waals surface area contributed by atoms with Gasteiger partial charge in [0.1, 0.15) is 5.75 Å². The predicted octanol–water partition coefficient (Wildman–Crippen LogP) is 2.74. The largest absolute Gasteiger partial charge is 0.508 e. The van der Waals surface area contributed by atoms with Crippen molar-refractivity contribution < 1.29 is 19.4 Å². The molecule has 2 rings (SSSR count). The third-order valence-electron chi connectivity index (χ3n) is 2.56. The average Bonchev–Trinajstić information content (AvgIpc) is 2.78. The highest BCUT2D eigenvalue weighted by Gasteiger charge is 2.12.